The zero-order valence-electron chi connectivity index (χ0n) is 24.1. The maximum absolute atomic E-state index is 12.9. The molecule has 0 heterocycles. The van der Waals surface area contributed by atoms with Gasteiger partial charge in [0.15, 0.2) is 5.78 Å². The van der Waals surface area contributed by atoms with Crippen LogP contribution in [0.3, 0.4) is 0 Å². The first-order chi connectivity index (χ1) is 17.6. The zero-order valence-corrected chi connectivity index (χ0v) is 24.9. The van der Waals surface area contributed by atoms with Gasteiger partial charge in [-0.3, -0.25) is 13.8 Å². The van der Waals surface area contributed by atoms with Gasteiger partial charge >= 0.3 is 5.97 Å². The van der Waals surface area contributed by atoms with Gasteiger partial charge in [0.2, 0.25) is 10.4 Å². The Bertz CT molecular complexity index is 1150. The highest BCUT2D eigenvalue weighted by atomic mass is 32.3. The Morgan fingerprint density at radius 2 is 1.74 bits per heavy atom. The molecular weight excluding hydrogens is 504 g/mol. The molecule has 4 rings (SSSR count). The predicted octanol–water partition coefficient (Wildman–Crippen LogP) is 5.91. The molecule has 0 radical (unpaired) electrons. The first kappa shape index (κ1) is 29.5. The van der Waals surface area contributed by atoms with E-state index in [1.54, 1.807) is 6.08 Å². The number of ketones is 1. The average molecular weight is 550 g/mol. The molecule has 0 bridgehead atoms. The highest BCUT2D eigenvalue weighted by Crippen LogP contribution is 2.71. The summed E-state index contributed by atoms with van der Waals surface area (Å²) in [7, 11) is -3.63. The summed E-state index contributed by atoms with van der Waals surface area (Å²) in [4.78, 5) is 25.6. The van der Waals surface area contributed by atoms with Crippen molar-refractivity contribution in [1.82, 2.24) is 0 Å². The molecule has 0 saturated heterocycles. The largest absolute Gasteiger partial charge is 0.726 e. The molecule has 1 unspecified atom stereocenters. The van der Waals surface area contributed by atoms with E-state index in [9.17, 15) is 22.6 Å². The van der Waals surface area contributed by atoms with Crippen LogP contribution in [0.25, 0.3) is 0 Å². The van der Waals surface area contributed by atoms with Crippen LogP contribution in [0.15, 0.2) is 22.8 Å². The minimum atomic E-state index is -4.94. The van der Waals surface area contributed by atoms with Gasteiger partial charge in [-0.25, -0.2) is 8.42 Å². The quantitative estimate of drug-likeness (QED) is 0.128. The van der Waals surface area contributed by atoms with E-state index in [1.807, 2.05) is 13.8 Å². The highest BCUT2D eigenvalue weighted by Gasteiger charge is 2.63. The van der Waals surface area contributed by atoms with Gasteiger partial charge in [-0.05, 0) is 105 Å². The summed E-state index contributed by atoms with van der Waals surface area (Å²) in [5.41, 5.74) is 3.85. The molecule has 8 heteroatoms. The van der Waals surface area contributed by atoms with Gasteiger partial charge in [-0.15, -0.1) is 0 Å². The third kappa shape index (κ3) is 4.83. The number of hydrogen-bond acceptors (Lipinski definition) is 7. The Kier molecular flexibility index (Phi) is 7.87. The van der Waals surface area contributed by atoms with Crippen molar-refractivity contribution in [2.45, 2.75) is 105 Å². The fourth-order valence-corrected chi connectivity index (χ4v) is 9.96. The lowest BCUT2D eigenvalue weighted by Gasteiger charge is -2.60. The van der Waals surface area contributed by atoms with Crippen molar-refractivity contribution in [2.24, 2.45) is 39.9 Å². The van der Waals surface area contributed by atoms with Crippen molar-refractivity contribution in [3.05, 3.63) is 22.8 Å². The van der Waals surface area contributed by atoms with E-state index >= 15 is 0 Å². The lowest BCUT2D eigenvalue weighted by molar-refractivity contribution is -0.158. The van der Waals surface area contributed by atoms with Crippen LogP contribution in [0, 0.1) is 39.9 Å². The van der Waals surface area contributed by atoms with E-state index in [1.165, 1.54) is 18.3 Å². The molecule has 2 fully saturated rings. The van der Waals surface area contributed by atoms with Crippen LogP contribution < -0.4 is 0 Å². The Hall–Kier alpha value is -1.51. The average Bonchev–Trinajstić information content (AvgIpc) is 3.08. The Labute approximate surface area is 228 Å². The number of hydrogen-bond donors (Lipinski definition) is 0. The fraction of sp³-hybridized carbons (Fsp3) is 0.800. The number of esters is 1. The van der Waals surface area contributed by atoms with Crippen LogP contribution in [-0.4, -0.2) is 37.9 Å². The normalized spacial score (nSPS) is 39.5. The topological polar surface area (TPSA) is 110 Å². The van der Waals surface area contributed by atoms with Crippen molar-refractivity contribution in [1.29, 1.82) is 0 Å². The molecule has 0 aromatic carbocycles. The van der Waals surface area contributed by atoms with Gasteiger partial charge in [-0.2, -0.15) is 0 Å². The first-order valence-corrected chi connectivity index (χ1v) is 15.5. The summed E-state index contributed by atoms with van der Waals surface area (Å²) >= 11 is 0. The molecule has 0 aromatic rings. The van der Waals surface area contributed by atoms with Gasteiger partial charge in [0.1, 0.15) is 0 Å². The molecule has 8 atom stereocenters. The van der Waals surface area contributed by atoms with Crippen LogP contribution in [0.5, 0.6) is 0 Å². The molecule has 0 aromatic heterocycles. The minimum absolute atomic E-state index is 0.0273. The molecular formula is C30H45O7S-. The predicted molar refractivity (Wildman–Crippen MR) is 144 cm³/mol. The summed E-state index contributed by atoms with van der Waals surface area (Å²) in [5, 5.41) is 0. The Morgan fingerprint density at radius 3 is 2.34 bits per heavy atom. The monoisotopic (exact) mass is 549 g/mol. The number of fused-ring (bicyclic) bond motifs is 4. The maximum Gasteiger partial charge on any atom is 0.311 e. The lowest BCUT2D eigenvalue weighted by atomic mass is 9.45. The van der Waals surface area contributed by atoms with Gasteiger partial charge in [0.25, 0.3) is 0 Å². The van der Waals surface area contributed by atoms with Crippen molar-refractivity contribution in [2.75, 3.05) is 7.11 Å². The van der Waals surface area contributed by atoms with Gasteiger partial charge in [0.05, 0.1) is 19.1 Å². The Balaban J connectivity index is 1.67. The number of rotatable bonds is 7. The zero-order chi connectivity index (χ0) is 28.3. The number of ether oxygens (including phenoxy) is 1. The Morgan fingerprint density at radius 1 is 1.05 bits per heavy atom. The van der Waals surface area contributed by atoms with Crippen LogP contribution in [0.4, 0.5) is 0 Å². The third-order valence-electron chi connectivity index (χ3n) is 11.3. The summed E-state index contributed by atoms with van der Waals surface area (Å²) in [6.07, 6.45) is 8.13. The third-order valence-corrected chi connectivity index (χ3v) is 11.8. The molecule has 0 N–H and O–H groups in total. The summed E-state index contributed by atoms with van der Waals surface area (Å²) < 4.78 is 44.4. The number of carbonyl (C=O) groups excluding carboxylic acids is 2. The van der Waals surface area contributed by atoms with Crippen molar-refractivity contribution >= 4 is 22.2 Å². The van der Waals surface area contributed by atoms with Crippen LogP contribution >= 0.6 is 0 Å². The van der Waals surface area contributed by atoms with Gasteiger partial charge in [-0.1, -0.05) is 44.4 Å². The van der Waals surface area contributed by atoms with Crippen molar-refractivity contribution < 1.29 is 31.5 Å². The van der Waals surface area contributed by atoms with Gasteiger partial charge < -0.3 is 9.29 Å². The summed E-state index contributed by atoms with van der Waals surface area (Å²) in [6, 6.07) is 0. The van der Waals surface area contributed by atoms with E-state index in [0.717, 1.165) is 44.1 Å². The van der Waals surface area contributed by atoms with Crippen molar-refractivity contribution in [3.63, 3.8) is 0 Å². The first-order valence-electron chi connectivity index (χ1n) is 14.2. The second kappa shape index (κ2) is 10.2. The second-order valence-electron chi connectivity index (χ2n) is 13.4. The van der Waals surface area contributed by atoms with E-state index in [2.05, 4.69) is 27.7 Å². The number of methoxy groups -OCH3 is 1. The molecule has 4 aliphatic carbocycles. The molecule has 4 aliphatic rings. The molecule has 0 aliphatic heterocycles. The smallest absolute Gasteiger partial charge is 0.311 e. The van der Waals surface area contributed by atoms with E-state index in [4.69, 9.17) is 8.92 Å². The van der Waals surface area contributed by atoms with E-state index in [-0.39, 0.29) is 27.9 Å². The fourth-order valence-electron chi connectivity index (χ4n) is 9.44. The summed E-state index contributed by atoms with van der Waals surface area (Å²) in [6.45, 7) is 13.3. The second-order valence-corrected chi connectivity index (χ2v) is 14.4. The van der Waals surface area contributed by atoms with Crippen LogP contribution in [0.1, 0.15) is 99.3 Å². The molecule has 2 saturated carbocycles. The molecule has 38 heavy (non-hydrogen) atoms. The minimum Gasteiger partial charge on any atom is -0.726 e. The molecule has 7 nitrogen and oxygen atoms in total. The van der Waals surface area contributed by atoms with Crippen LogP contribution in [0.2, 0.25) is 0 Å². The molecule has 0 spiro atoms. The lowest BCUT2D eigenvalue weighted by Crippen LogP contribution is -2.54. The number of carbonyl (C=O) groups is 2. The highest BCUT2D eigenvalue weighted by molar-refractivity contribution is 7.80. The maximum atomic E-state index is 12.9. The number of allylic oxidation sites excluding steroid dienone is 4. The van der Waals surface area contributed by atoms with Gasteiger partial charge in [0, 0.05) is 6.42 Å². The summed E-state index contributed by atoms with van der Waals surface area (Å²) in [5.74, 6) is -0.428. The SMILES string of the molecule is COC(=O)[C@H]1C2CCC3=C(CC[C@]4(C)[C@@H]([C@H](C)CC(=O)C=C(C)C)CC[C@@]34C)[C@@]2(C)CC[C@@H]1OS(=O)(=O)[O-]. The standard InChI is InChI=1S/C30H46O7S/c1-18(2)16-20(31)17-19(3)21-10-14-30(6)23-8-9-24-26(27(32)36-7)25(37-38(33,34)35)12-13-28(24,4)22(23)11-15-29(21,30)5/h16,19,21,24-26H,8-15,17H2,1-7H3,(H,33,34,35)/p-1/t19-,21-,24?,25+,26+,28-,29-,30+/m1/s1. The van der Waals surface area contributed by atoms with Crippen molar-refractivity contribution in [3.8, 4) is 0 Å². The van der Waals surface area contributed by atoms with E-state index < -0.39 is 28.4 Å². The van der Waals surface area contributed by atoms with Crippen LogP contribution in [-0.2, 0) is 28.9 Å². The molecule has 0 amide bonds. The van der Waals surface area contributed by atoms with E-state index in [0.29, 0.717) is 31.1 Å². The molecule has 214 valence electrons.